The average molecular weight is 594 g/mol. The molecule has 11 heteroatoms. The van der Waals surface area contributed by atoms with Gasteiger partial charge in [-0.2, -0.15) is 0 Å². The van der Waals surface area contributed by atoms with Gasteiger partial charge >= 0.3 is 6.09 Å². The van der Waals surface area contributed by atoms with Gasteiger partial charge < -0.3 is 29.3 Å². The number of rotatable bonds is 10. The first-order chi connectivity index (χ1) is 20.4. The number of carbonyl (C=O) groups is 2. The van der Waals surface area contributed by atoms with Crippen molar-refractivity contribution < 1.29 is 37.0 Å². The maximum atomic E-state index is 14.2. The molecular formula is C32H33F2N3O6. The number of amides is 2. The number of hydrogen-bond donors (Lipinski definition) is 2. The molecule has 4 aromatic rings. The van der Waals surface area contributed by atoms with Crippen LogP contribution in [0.3, 0.4) is 0 Å². The summed E-state index contributed by atoms with van der Waals surface area (Å²) in [5.74, 6) is -1.35. The van der Waals surface area contributed by atoms with E-state index in [1.807, 2.05) is 30.3 Å². The summed E-state index contributed by atoms with van der Waals surface area (Å²) in [6.07, 6.45) is -1.75. The summed E-state index contributed by atoms with van der Waals surface area (Å²) in [5, 5.41) is 5.26. The number of aromatic nitrogens is 1. The number of oxazole rings is 1. The average Bonchev–Trinajstić information content (AvgIpc) is 3.41. The van der Waals surface area contributed by atoms with E-state index < -0.39 is 35.3 Å². The van der Waals surface area contributed by atoms with Crippen LogP contribution in [0.5, 0.6) is 11.5 Å². The van der Waals surface area contributed by atoms with Crippen LogP contribution in [0.2, 0.25) is 0 Å². The minimum absolute atomic E-state index is 0.0290. The van der Waals surface area contributed by atoms with E-state index >= 15 is 0 Å². The number of nitrogens with zero attached hydrogens (tertiary/aromatic N) is 1. The third kappa shape index (κ3) is 8.31. The summed E-state index contributed by atoms with van der Waals surface area (Å²) in [6, 6.07) is 17.6. The van der Waals surface area contributed by atoms with E-state index in [-0.39, 0.29) is 36.1 Å². The summed E-state index contributed by atoms with van der Waals surface area (Å²) in [4.78, 5) is 30.2. The molecule has 43 heavy (non-hydrogen) atoms. The van der Waals surface area contributed by atoms with Crippen LogP contribution in [-0.2, 0) is 17.9 Å². The zero-order valence-electron chi connectivity index (χ0n) is 24.5. The van der Waals surface area contributed by atoms with E-state index in [0.29, 0.717) is 17.1 Å². The number of ether oxygens (including phenoxy) is 3. The van der Waals surface area contributed by atoms with E-state index in [4.69, 9.17) is 18.6 Å². The lowest BCUT2D eigenvalue weighted by Gasteiger charge is -2.21. The summed E-state index contributed by atoms with van der Waals surface area (Å²) >= 11 is 0. The van der Waals surface area contributed by atoms with Crippen molar-refractivity contribution in [1.82, 2.24) is 15.6 Å². The molecule has 0 bridgehead atoms. The highest BCUT2D eigenvalue weighted by Gasteiger charge is 2.29. The van der Waals surface area contributed by atoms with Gasteiger partial charge in [0.2, 0.25) is 5.89 Å². The molecule has 9 nitrogen and oxygen atoms in total. The van der Waals surface area contributed by atoms with Gasteiger partial charge in [-0.1, -0.05) is 36.4 Å². The fourth-order valence-electron chi connectivity index (χ4n) is 4.03. The van der Waals surface area contributed by atoms with Crippen molar-refractivity contribution in [3.05, 3.63) is 101 Å². The predicted molar refractivity (Wildman–Crippen MR) is 155 cm³/mol. The lowest BCUT2D eigenvalue weighted by molar-refractivity contribution is 0.0841. The van der Waals surface area contributed by atoms with Crippen LogP contribution in [-0.4, -0.2) is 29.6 Å². The Bertz CT molecular complexity index is 1580. The van der Waals surface area contributed by atoms with Crippen molar-refractivity contribution in [1.29, 1.82) is 0 Å². The lowest BCUT2D eigenvalue weighted by Crippen LogP contribution is -2.41. The quantitative estimate of drug-likeness (QED) is 0.210. The van der Waals surface area contributed by atoms with E-state index in [9.17, 15) is 18.4 Å². The zero-order chi connectivity index (χ0) is 31.1. The van der Waals surface area contributed by atoms with Crippen molar-refractivity contribution in [3.8, 4) is 23.0 Å². The third-order valence-corrected chi connectivity index (χ3v) is 6.10. The largest absolute Gasteiger partial charge is 0.493 e. The maximum absolute atomic E-state index is 14.2. The monoisotopic (exact) mass is 593 g/mol. The van der Waals surface area contributed by atoms with Gasteiger partial charge in [-0.05, 0) is 57.5 Å². The SMILES string of the molecule is COc1ccc(-c2nc(C(=O)NCc3ccc(F)cc3F)c([C@H](C)OC(=O)NC(C)(C)C)o2)cc1OCc1ccccc1. The zero-order valence-corrected chi connectivity index (χ0v) is 24.5. The smallest absolute Gasteiger partial charge is 0.408 e. The van der Waals surface area contributed by atoms with Gasteiger partial charge in [-0.3, -0.25) is 4.79 Å². The van der Waals surface area contributed by atoms with Gasteiger partial charge in [-0.15, -0.1) is 0 Å². The van der Waals surface area contributed by atoms with Crippen molar-refractivity contribution in [2.75, 3.05) is 7.11 Å². The second-order valence-corrected chi connectivity index (χ2v) is 10.7. The number of methoxy groups -OCH3 is 1. The van der Waals surface area contributed by atoms with Gasteiger partial charge in [0.1, 0.15) is 18.2 Å². The van der Waals surface area contributed by atoms with E-state index in [1.165, 1.54) is 20.1 Å². The standard InChI is InChI=1S/C32H33F2N3O6/c1-19(42-31(39)37-32(2,3)4)28-27(29(38)35-17-22-11-13-23(33)16-24(22)34)36-30(43-28)21-12-14-25(40-5)26(15-21)41-18-20-9-7-6-8-10-20/h6-16,19H,17-18H2,1-5H3,(H,35,38)(H,37,39)/t19-/m0/s1. The molecule has 0 saturated carbocycles. The number of carbonyl (C=O) groups excluding carboxylic acids is 2. The molecule has 0 saturated heterocycles. The summed E-state index contributed by atoms with van der Waals surface area (Å²) in [7, 11) is 1.52. The van der Waals surface area contributed by atoms with Crippen LogP contribution in [0.25, 0.3) is 11.5 Å². The second kappa shape index (κ2) is 13.4. The van der Waals surface area contributed by atoms with Crippen molar-refractivity contribution in [3.63, 3.8) is 0 Å². The van der Waals surface area contributed by atoms with Crippen molar-refractivity contribution in [2.24, 2.45) is 0 Å². The molecule has 0 aliphatic rings. The normalized spacial score (nSPS) is 11.9. The summed E-state index contributed by atoms with van der Waals surface area (Å²) in [5.41, 5.74) is 0.743. The molecule has 1 atom stereocenters. The van der Waals surface area contributed by atoms with E-state index in [0.717, 1.165) is 17.7 Å². The lowest BCUT2D eigenvalue weighted by atomic mass is 10.1. The van der Waals surface area contributed by atoms with Crippen LogP contribution in [0.4, 0.5) is 13.6 Å². The Kier molecular flexibility index (Phi) is 9.64. The van der Waals surface area contributed by atoms with Crippen LogP contribution in [0, 0.1) is 11.6 Å². The fraction of sp³-hybridized carbons (Fsp3) is 0.281. The number of nitrogens with one attached hydrogen (secondary N) is 2. The number of alkyl carbamates (subject to hydrolysis) is 1. The molecule has 4 rings (SSSR count). The Morgan fingerprint density at radius 2 is 1.74 bits per heavy atom. The Morgan fingerprint density at radius 3 is 2.42 bits per heavy atom. The van der Waals surface area contributed by atoms with Gasteiger partial charge in [-0.25, -0.2) is 18.6 Å². The molecule has 2 N–H and O–H groups in total. The molecule has 226 valence electrons. The Morgan fingerprint density at radius 1 is 1.00 bits per heavy atom. The molecule has 3 aromatic carbocycles. The van der Waals surface area contributed by atoms with Crippen LogP contribution < -0.4 is 20.1 Å². The molecule has 0 spiro atoms. The Balaban J connectivity index is 1.64. The van der Waals surface area contributed by atoms with Crippen molar-refractivity contribution >= 4 is 12.0 Å². The van der Waals surface area contributed by atoms with Gasteiger partial charge in [0.25, 0.3) is 5.91 Å². The molecule has 0 fully saturated rings. The van der Waals surface area contributed by atoms with Gasteiger partial charge in [0.05, 0.1) is 7.11 Å². The van der Waals surface area contributed by atoms with Crippen LogP contribution >= 0.6 is 0 Å². The van der Waals surface area contributed by atoms with E-state index in [2.05, 4.69) is 15.6 Å². The number of hydrogen-bond acceptors (Lipinski definition) is 7. The Hall–Kier alpha value is -4.93. The number of benzene rings is 3. The maximum Gasteiger partial charge on any atom is 0.408 e. The second-order valence-electron chi connectivity index (χ2n) is 10.7. The van der Waals surface area contributed by atoms with Crippen LogP contribution in [0.15, 0.2) is 71.1 Å². The van der Waals surface area contributed by atoms with Crippen molar-refractivity contribution in [2.45, 2.75) is 52.5 Å². The van der Waals surface area contributed by atoms with Gasteiger partial charge in [0.15, 0.2) is 29.1 Å². The molecule has 1 heterocycles. The molecule has 0 radical (unpaired) electrons. The fourth-order valence-corrected chi connectivity index (χ4v) is 4.03. The highest BCUT2D eigenvalue weighted by atomic mass is 19.1. The first-order valence-electron chi connectivity index (χ1n) is 13.5. The minimum atomic E-state index is -1.03. The molecule has 0 aliphatic carbocycles. The molecule has 1 aromatic heterocycles. The minimum Gasteiger partial charge on any atom is -0.493 e. The van der Waals surface area contributed by atoms with E-state index in [1.54, 1.807) is 39.0 Å². The first-order valence-corrected chi connectivity index (χ1v) is 13.5. The molecule has 0 unspecified atom stereocenters. The first kappa shape index (κ1) is 31.0. The summed E-state index contributed by atoms with van der Waals surface area (Å²) in [6.45, 7) is 6.94. The third-order valence-electron chi connectivity index (χ3n) is 6.10. The van der Waals surface area contributed by atoms with Gasteiger partial charge in [0, 0.05) is 29.3 Å². The highest BCUT2D eigenvalue weighted by Crippen LogP contribution is 2.35. The summed E-state index contributed by atoms with van der Waals surface area (Å²) < 4.78 is 50.4. The predicted octanol–water partition coefficient (Wildman–Crippen LogP) is 6.72. The number of halogens is 2. The highest BCUT2D eigenvalue weighted by molar-refractivity contribution is 5.94. The van der Waals surface area contributed by atoms with Crippen LogP contribution in [0.1, 0.15) is 61.2 Å². The Labute approximate surface area is 248 Å². The molecule has 2 amide bonds. The molecule has 0 aliphatic heterocycles. The molecular weight excluding hydrogens is 560 g/mol. The topological polar surface area (TPSA) is 112 Å².